The zero-order chi connectivity index (χ0) is 18.1. The van der Waals surface area contributed by atoms with Gasteiger partial charge in [-0.1, -0.05) is 11.8 Å². The maximum absolute atomic E-state index is 12.9. The number of hydrogen-bond donors (Lipinski definition) is 2. The first-order valence-electron chi connectivity index (χ1n) is 6.51. The summed E-state index contributed by atoms with van der Waals surface area (Å²) in [7, 11) is 0. The summed E-state index contributed by atoms with van der Waals surface area (Å²) in [4.78, 5) is 16.2. The van der Waals surface area contributed by atoms with Crippen molar-refractivity contribution >= 4 is 23.0 Å². The Labute approximate surface area is 135 Å². The van der Waals surface area contributed by atoms with Gasteiger partial charge in [-0.15, -0.1) is 0 Å². The lowest BCUT2D eigenvalue weighted by Crippen LogP contribution is -2.56. The number of thioether (sulfide) groups is 1. The second-order valence-electron chi connectivity index (χ2n) is 5.81. The van der Waals surface area contributed by atoms with Gasteiger partial charge in [0, 0.05) is 12.1 Å². The average molecular weight is 354 g/mol. The van der Waals surface area contributed by atoms with Crippen LogP contribution in [0.5, 0.6) is 0 Å². The van der Waals surface area contributed by atoms with Crippen LogP contribution in [0.2, 0.25) is 0 Å². The molecule has 0 saturated carbocycles. The number of rotatable bonds is 3. The lowest BCUT2D eigenvalue weighted by Gasteiger charge is -2.32. The molecule has 1 heterocycles. The van der Waals surface area contributed by atoms with Crippen molar-refractivity contribution in [3.63, 3.8) is 0 Å². The van der Waals surface area contributed by atoms with Crippen molar-refractivity contribution in [2.45, 2.75) is 38.2 Å². The molecule has 0 aromatic carbocycles. The largest absolute Gasteiger partial charge is 0.465 e. The van der Waals surface area contributed by atoms with Gasteiger partial charge in [-0.05, 0) is 20.8 Å². The summed E-state index contributed by atoms with van der Waals surface area (Å²) >= 11 is 0.594. The number of nitriles is 1. The van der Waals surface area contributed by atoms with E-state index in [9.17, 15) is 23.1 Å². The summed E-state index contributed by atoms with van der Waals surface area (Å²) in [6, 6.07) is 0. The molecule has 0 aliphatic carbocycles. The van der Waals surface area contributed by atoms with Crippen molar-refractivity contribution in [2.75, 3.05) is 18.8 Å². The monoisotopic (exact) mass is 354 g/mol. The van der Waals surface area contributed by atoms with E-state index in [1.807, 2.05) is 0 Å². The molecule has 1 saturated heterocycles. The molecule has 1 unspecified atom stereocenters. The third kappa shape index (κ3) is 4.00. The second kappa shape index (κ2) is 6.45. The summed E-state index contributed by atoms with van der Waals surface area (Å²) in [6.45, 7) is 4.83. The summed E-state index contributed by atoms with van der Waals surface area (Å²) < 4.78 is 38.6. The Morgan fingerprint density at radius 2 is 2.09 bits per heavy atom. The van der Waals surface area contributed by atoms with Crippen LogP contribution in [0, 0.1) is 11.5 Å². The molecule has 1 fully saturated rings. The van der Waals surface area contributed by atoms with Crippen LogP contribution in [0.1, 0.15) is 20.8 Å². The molecule has 0 aromatic rings. The van der Waals surface area contributed by atoms with E-state index in [2.05, 4.69) is 4.99 Å². The van der Waals surface area contributed by atoms with Crippen molar-refractivity contribution in [1.29, 1.82) is 5.26 Å². The lowest BCUT2D eigenvalue weighted by molar-refractivity contribution is -0.280. The molecule has 1 aliphatic heterocycles. The van der Waals surface area contributed by atoms with E-state index in [1.54, 1.807) is 20.8 Å². The Kier molecular flexibility index (Phi) is 5.43. The van der Waals surface area contributed by atoms with Gasteiger partial charge in [0.25, 0.3) is 5.72 Å². The van der Waals surface area contributed by atoms with E-state index in [4.69, 9.17) is 10.4 Å². The van der Waals surface area contributed by atoms with Gasteiger partial charge in [0.2, 0.25) is 0 Å². The maximum Gasteiger partial charge on any atom is 0.438 e. The van der Waals surface area contributed by atoms with Gasteiger partial charge >= 0.3 is 12.3 Å². The van der Waals surface area contributed by atoms with E-state index in [-0.39, 0.29) is 23.2 Å². The Morgan fingerprint density at radius 1 is 1.52 bits per heavy atom. The fourth-order valence-corrected chi connectivity index (χ4v) is 2.99. The smallest absolute Gasteiger partial charge is 0.438 e. The zero-order valence-corrected chi connectivity index (χ0v) is 13.6. The summed E-state index contributed by atoms with van der Waals surface area (Å²) in [5.41, 5.74) is -3.99. The quantitative estimate of drug-likeness (QED) is 0.751. The lowest BCUT2D eigenvalue weighted by atomic mass is 10.1. The van der Waals surface area contributed by atoms with Crippen molar-refractivity contribution in [2.24, 2.45) is 4.99 Å². The second-order valence-corrected chi connectivity index (χ2v) is 6.75. The predicted molar refractivity (Wildman–Crippen MR) is 77.7 cm³/mol. The first-order valence-corrected chi connectivity index (χ1v) is 7.50. The number of nitrogens with zero attached hydrogens (tertiary/aromatic N) is 4. The molecule has 0 radical (unpaired) electrons. The third-order valence-electron chi connectivity index (χ3n) is 3.13. The molecule has 11 heteroatoms. The van der Waals surface area contributed by atoms with E-state index in [0.29, 0.717) is 11.8 Å². The highest BCUT2D eigenvalue weighted by Gasteiger charge is 2.63. The number of hydrogen-bond acceptors (Lipinski definition) is 5. The fraction of sp³-hybridized carbons (Fsp3) is 0.750. The highest BCUT2D eigenvalue weighted by Crippen LogP contribution is 2.42. The molecule has 130 valence electrons. The molecule has 1 aliphatic rings. The molecule has 1 rings (SSSR count). The van der Waals surface area contributed by atoms with Crippen LogP contribution in [-0.2, 0) is 0 Å². The average Bonchev–Trinajstić information content (AvgIpc) is 2.70. The van der Waals surface area contributed by atoms with Crippen molar-refractivity contribution in [3.05, 3.63) is 0 Å². The standard InChI is InChI=1S/C12H17F3N4O3S/c1-10(2,3)18(9(20)21)5-4-17-8-19(7-16)11(22,6-23-8)12(13,14)15/h22H,4-6H2,1-3H3,(H,20,21)/b17-8-. The van der Waals surface area contributed by atoms with Crippen LogP contribution in [0.15, 0.2) is 4.99 Å². The highest BCUT2D eigenvalue weighted by molar-refractivity contribution is 8.14. The first-order chi connectivity index (χ1) is 10.3. The molecule has 0 spiro atoms. The number of aliphatic imine (C=N–C) groups is 1. The molecule has 0 aromatic heterocycles. The zero-order valence-electron chi connectivity index (χ0n) is 12.8. The Morgan fingerprint density at radius 3 is 2.48 bits per heavy atom. The molecule has 7 nitrogen and oxygen atoms in total. The number of carbonyl (C=O) groups is 1. The minimum atomic E-state index is -5.01. The molecule has 0 bridgehead atoms. The van der Waals surface area contributed by atoms with Crippen molar-refractivity contribution in [1.82, 2.24) is 9.80 Å². The van der Waals surface area contributed by atoms with Crippen LogP contribution < -0.4 is 0 Å². The number of carboxylic acid groups (broad SMARTS) is 1. The van der Waals surface area contributed by atoms with E-state index < -0.39 is 29.3 Å². The summed E-state index contributed by atoms with van der Waals surface area (Å²) in [6.07, 6.45) is -4.90. The van der Waals surface area contributed by atoms with E-state index in [0.717, 1.165) is 4.90 Å². The summed E-state index contributed by atoms with van der Waals surface area (Å²) in [5, 5.41) is 27.4. The number of alkyl halides is 3. The van der Waals surface area contributed by atoms with Gasteiger partial charge < -0.3 is 15.1 Å². The van der Waals surface area contributed by atoms with Gasteiger partial charge in [0.15, 0.2) is 11.4 Å². The van der Waals surface area contributed by atoms with Gasteiger partial charge in [-0.25, -0.2) is 9.69 Å². The van der Waals surface area contributed by atoms with Gasteiger partial charge in [-0.3, -0.25) is 4.99 Å². The third-order valence-corrected chi connectivity index (χ3v) is 4.25. The SMILES string of the molecule is CC(C)(C)N(CC/N=C1\SCC(O)(C(F)(F)F)N1C#N)C(=O)O. The minimum Gasteiger partial charge on any atom is -0.465 e. The number of amidine groups is 1. The molecule has 1 atom stereocenters. The van der Waals surface area contributed by atoms with Crippen LogP contribution in [-0.4, -0.2) is 67.6 Å². The van der Waals surface area contributed by atoms with Crippen LogP contribution in [0.3, 0.4) is 0 Å². The van der Waals surface area contributed by atoms with Crippen LogP contribution in [0.25, 0.3) is 0 Å². The van der Waals surface area contributed by atoms with Crippen molar-refractivity contribution < 1.29 is 28.2 Å². The fourth-order valence-electron chi connectivity index (χ4n) is 1.87. The van der Waals surface area contributed by atoms with Crippen LogP contribution >= 0.6 is 11.8 Å². The Balaban J connectivity index is 2.87. The predicted octanol–water partition coefficient (Wildman–Crippen LogP) is 1.90. The number of halogens is 3. The maximum atomic E-state index is 12.9. The molecular weight excluding hydrogens is 337 g/mol. The molecule has 1 amide bonds. The van der Waals surface area contributed by atoms with Gasteiger partial charge in [0.1, 0.15) is 0 Å². The van der Waals surface area contributed by atoms with Crippen molar-refractivity contribution in [3.8, 4) is 6.19 Å². The normalized spacial score (nSPS) is 23.9. The topological polar surface area (TPSA) is 100 Å². The van der Waals surface area contributed by atoms with E-state index in [1.165, 1.54) is 6.19 Å². The number of aliphatic hydroxyl groups is 1. The highest BCUT2D eigenvalue weighted by atomic mass is 32.2. The van der Waals surface area contributed by atoms with Gasteiger partial charge in [0.05, 0.1) is 12.3 Å². The molecular formula is C12H17F3N4O3S. The van der Waals surface area contributed by atoms with E-state index >= 15 is 0 Å². The Bertz CT molecular complexity index is 541. The molecule has 23 heavy (non-hydrogen) atoms. The first kappa shape index (κ1) is 19.4. The van der Waals surface area contributed by atoms with Crippen LogP contribution in [0.4, 0.5) is 18.0 Å². The minimum absolute atomic E-state index is 0.0490. The van der Waals surface area contributed by atoms with Gasteiger partial charge in [-0.2, -0.15) is 18.4 Å². The molecule has 2 N–H and O–H groups in total. The Hall–Kier alpha value is -1.67. The summed E-state index contributed by atoms with van der Waals surface area (Å²) in [5.74, 6) is -0.773. The number of amides is 1.